The third kappa shape index (κ3) is 6.79. The van der Waals surface area contributed by atoms with Crippen molar-refractivity contribution in [3.63, 3.8) is 0 Å². The second-order valence-corrected chi connectivity index (χ2v) is 12.7. The van der Waals surface area contributed by atoms with Gasteiger partial charge in [-0.25, -0.2) is 0 Å². The number of methoxy groups -OCH3 is 1. The molecule has 0 radical (unpaired) electrons. The monoisotopic (exact) mass is 718 g/mol. The highest BCUT2D eigenvalue weighted by Crippen LogP contribution is 2.46. The summed E-state index contributed by atoms with van der Waals surface area (Å²) in [7, 11) is 1.40. The highest BCUT2D eigenvalue weighted by atomic mass is 16.6. The van der Waals surface area contributed by atoms with E-state index in [1.807, 2.05) is 6.07 Å². The summed E-state index contributed by atoms with van der Waals surface area (Å²) in [6.45, 7) is 1.43. The van der Waals surface area contributed by atoms with Gasteiger partial charge in [0.25, 0.3) is 0 Å². The molecule has 0 spiro atoms. The largest absolute Gasteiger partial charge is 0.508 e. The lowest BCUT2D eigenvalue weighted by Crippen LogP contribution is -2.38. The lowest BCUT2D eigenvalue weighted by molar-refractivity contribution is -0.150. The molecule has 5 atom stereocenters. The van der Waals surface area contributed by atoms with Gasteiger partial charge in [-0.05, 0) is 48.4 Å². The van der Waals surface area contributed by atoms with Crippen LogP contribution >= 0.6 is 0 Å². The number of rotatable bonds is 9. The van der Waals surface area contributed by atoms with E-state index < -0.39 is 47.8 Å². The molecule has 2 heterocycles. The Bertz CT molecular complexity index is 2210. The average molecular weight is 719 g/mol. The van der Waals surface area contributed by atoms with Crippen LogP contribution in [0.5, 0.6) is 40.2 Å². The number of ether oxygens (including phenoxy) is 5. The number of aliphatic hydroxyl groups excluding tert-OH is 1. The van der Waals surface area contributed by atoms with Gasteiger partial charge in [-0.2, -0.15) is 0 Å². The summed E-state index contributed by atoms with van der Waals surface area (Å²) >= 11 is 0. The number of hydrogen-bond acceptors (Lipinski definition) is 12. The van der Waals surface area contributed by atoms with Crippen molar-refractivity contribution < 1.29 is 58.5 Å². The van der Waals surface area contributed by atoms with E-state index >= 15 is 0 Å². The van der Waals surface area contributed by atoms with Gasteiger partial charge in [0.2, 0.25) is 5.78 Å². The summed E-state index contributed by atoms with van der Waals surface area (Å²) in [4.78, 5) is 39.5. The number of fused-ring (bicyclic) bond motifs is 2. The lowest BCUT2D eigenvalue weighted by atomic mass is 9.92. The number of phenols is 3. The summed E-state index contributed by atoms with van der Waals surface area (Å²) in [5.41, 5.74) is 2.15. The van der Waals surface area contributed by atoms with Gasteiger partial charge >= 0.3 is 5.97 Å². The molecule has 270 valence electrons. The van der Waals surface area contributed by atoms with Crippen LogP contribution in [0.3, 0.4) is 0 Å². The van der Waals surface area contributed by atoms with Crippen LogP contribution in [0.4, 0.5) is 0 Å². The van der Waals surface area contributed by atoms with Crippen LogP contribution in [-0.4, -0.2) is 63.9 Å². The first-order valence-corrected chi connectivity index (χ1v) is 16.7. The molecule has 12 heteroatoms. The number of phenolic OH excluding ortho intramolecular Hbond substituents is 3. The summed E-state index contributed by atoms with van der Waals surface area (Å²) in [5, 5.41) is 41.4. The fraction of sp³-hybridized carbons (Fsp3) is 0.195. The van der Waals surface area contributed by atoms with Crippen molar-refractivity contribution in [3.05, 3.63) is 137 Å². The number of Topliss-reactive ketones (excluding diaryl/α,β-unsaturated/α-hetero) is 1. The Labute approximate surface area is 303 Å². The summed E-state index contributed by atoms with van der Waals surface area (Å²) in [5.74, 6) is -2.66. The fourth-order valence-electron chi connectivity index (χ4n) is 6.40. The highest BCUT2D eigenvalue weighted by Gasteiger charge is 2.41. The number of aromatic hydroxyl groups is 3. The molecule has 5 aromatic rings. The Balaban J connectivity index is 1.13. The Kier molecular flexibility index (Phi) is 9.38. The molecule has 0 fully saturated rings. The van der Waals surface area contributed by atoms with E-state index in [0.717, 1.165) is 6.07 Å². The molecule has 0 aromatic heterocycles. The Hall–Kier alpha value is -6.53. The Morgan fingerprint density at radius 3 is 2.23 bits per heavy atom. The van der Waals surface area contributed by atoms with Crippen molar-refractivity contribution in [1.29, 1.82) is 0 Å². The molecule has 5 aromatic carbocycles. The van der Waals surface area contributed by atoms with Gasteiger partial charge in [-0.15, -0.1) is 0 Å². The van der Waals surface area contributed by atoms with Gasteiger partial charge in [-0.1, -0.05) is 60.7 Å². The van der Waals surface area contributed by atoms with Crippen molar-refractivity contribution in [1.82, 2.24) is 0 Å². The Morgan fingerprint density at radius 2 is 1.45 bits per heavy atom. The molecule has 53 heavy (non-hydrogen) atoms. The number of ketones is 2. The topological polar surface area (TPSA) is 178 Å². The maximum Gasteiger partial charge on any atom is 0.313 e. The molecule has 4 N–H and O–H groups in total. The van der Waals surface area contributed by atoms with Crippen molar-refractivity contribution in [3.8, 4) is 40.2 Å². The molecule has 2 aliphatic heterocycles. The first kappa shape index (κ1) is 34.9. The number of esters is 1. The van der Waals surface area contributed by atoms with Gasteiger partial charge in [0.15, 0.2) is 53.2 Å². The first-order chi connectivity index (χ1) is 25.5. The van der Waals surface area contributed by atoms with Crippen LogP contribution in [0, 0.1) is 0 Å². The number of hydrogen-bond donors (Lipinski definition) is 4. The smallest absolute Gasteiger partial charge is 0.313 e. The molecule has 0 unspecified atom stereocenters. The lowest BCUT2D eigenvalue weighted by Gasteiger charge is -2.35. The van der Waals surface area contributed by atoms with Crippen molar-refractivity contribution >= 4 is 17.5 Å². The Morgan fingerprint density at radius 1 is 0.736 bits per heavy atom. The third-order valence-electron chi connectivity index (χ3n) is 9.25. The molecule has 12 nitrogen and oxygen atoms in total. The van der Waals surface area contributed by atoms with Crippen molar-refractivity contribution in [2.45, 2.75) is 37.3 Å². The van der Waals surface area contributed by atoms with E-state index in [1.54, 1.807) is 79.7 Å². The molecular formula is C41H34O12. The SMILES string of the molecule is COc1cc([C@@H]2Oc3cc([C@@H]4Oc5cc(O)cc(O)c5C(=O)[C@H]4O)ccc3O[C@H]2COC(=O)[C@@H](C)c2cccc(C(=O)c3ccccc3)c2)ccc1O. The zero-order valence-electron chi connectivity index (χ0n) is 28.5. The van der Waals surface area contributed by atoms with Gasteiger partial charge in [0, 0.05) is 28.8 Å². The summed E-state index contributed by atoms with van der Waals surface area (Å²) in [6.07, 6.45) is -4.71. The number of aliphatic hydroxyl groups is 1. The van der Waals surface area contributed by atoms with Crippen molar-refractivity contribution in [2.75, 3.05) is 13.7 Å². The standard InChI is InChI=1S/C41H34O12/c1-21(23-9-6-10-24(15-23)36(45)22-7-4-3-5-8-22)41(48)50-20-34-39(25-11-13-28(43)31(16-25)49-2)52-32-17-26(12-14-30(32)51-34)40-38(47)37(46)35-29(44)18-27(42)19-33(35)53-40/h3-19,21,34,38-40,42-44,47H,20H2,1-2H3/t21-,34-,38+,39-,40-/m0/s1. The minimum Gasteiger partial charge on any atom is -0.508 e. The molecular weight excluding hydrogens is 684 g/mol. The van der Waals surface area contributed by atoms with Gasteiger partial charge in [0.1, 0.15) is 29.4 Å². The zero-order chi connectivity index (χ0) is 37.4. The number of carbonyl (C=O) groups is 3. The highest BCUT2D eigenvalue weighted by molar-refractivity contribution is 6.09. The second kappa shape index (κ2) is 14.2. The first-order valence-electron chi connectivity index (χ1n) is 16.7. The molecule has 0 saturated heterocycles. The van der Waals surface area contributed by atoms with Crippen molar-refractivity contribution in [2.24, 2.45) is 0 Å². The normalized spacial score (nSPS) is 19.3. The van der Waals surface area contributed by atoms with Crippen LogP contribution in [0.2, 0.25) is 0 Å². The molecule has 0 amide bonds. The quantitative estimate of drug-likeness (QED) is 0.104. The van der Waals surface area contributed by atoms with Crippen LogP contribution in [0.15, 0.2) is 103 Å². The summed E-state index contributed by atoms with van der Waals surface area (Å²) in [6, 6.07) is 27.1. The van der Waals surface area contributed by atoms with Gasteiger partial charge < -0.3 is 44.1 Å². The van der Waals surface area contributed by atoms with Crippen LogP contribution in [-0.2, 0) is 9.53 Å². The van der Waals surface area contributed by atoms with Crippen LogP contribution in [0.1, 0.15) is 68.0 Å². The maximum absolute atomic E-state index is 13.4. The minimum absolute atomic E-state index is 0.0996. The number of benzene rings is 5. The van der Waals surface area contributed by atoms with E-state index in [1.165, 1.54) is 25.3 Å². The minimum atomic E-state index is -1.69. The maximum atomic E-state index is 13.4. The van der Waals surface area contributed by atoms with E-state index in [9.17, 15) is 34.8 Å². The molecule has 0 saturated carbocycles. The fourth-order valence-corrected chi connectivity index (χ4v) is 6.40. The summed E-state index contributed by atoms with van der Waals surface area (Å²) < 4.78 is 29.8. The van der Waals surface area contributed by atoms with E-state index in [0.29, 0.717) is 27.8 Å². The van der Waals surface area contributed by atoms with Gasteiger partial charge in [-0.3, -0.25) is 14.4 Å². The third-order valence-corrected chi connectivity index (χ3v) is 9.25. The van der Waals surface area contributed by atoms with E-state index in [2.05, 4.69) is 0 Å². The molecule has 0 aliphatic carbocycles. The van der Waals surface area contributed by atoms with E-state index in [4.69, 9.17) is 23.7 Å². The molecule has 2 aliphatic rings. The molecule has 0 bridgehead atoms. The second-order valence-electron chi connectivity index (χ2n) is 12.7. The van der Waals surface area contributed by atoms with Crippen LogP contribution < -0.4 is 18.9 Å². The van der Waals surface area contributed by atoms with E-state index in [-0.39, 0.29) is 52.5 Å². The average Bonchev–Trinajstić information content (AvgIpc) is 3.17. The predicted molar refractivity (Wildman–Crippen MR) is 188 cm³/mol. The molecule has 7 rings (SSSR count). The van der Waals surface area contributed by atoms with Crippen LogP contribution in [0.25, 0.3) is 0 Å². The zero-order valence-corrected chi connectivity index (χ0v) is 28.5. The number of carbonyl (C=O) groups excluding carboxylic acids is 3. The predicted octanol–water partition coefficient (Wildman–Crippen LogP) is 5.95. The van der Waals surface area contributed by atoms with Gasteiger partial charge in [0.05, 0.1) is 13.0 Å².